The molecule has 0 bridgehead atoms. The lowest BCUT2D eigenvalue weighted by Gasteiger charge is -2.10. The van der Waals surface area contributed by atoms with E-state index in [1.54, 1.807) is 0 Å². The van der Waals surface area contributed by atoms with Crippen molar-refractivity contribution in [1.29, 1.82) is 0 Å². The Hall–Kier alpha value is -1.99. The van der Waals surface area contributed by atoms with Gasteiger partial charge in [-0.2, -0.15) is 13.2 Å². The van der Waals surface area contributed by atoms with Crippen molar-refractivity contribution in [3.05, 3.63) is 28.3 Å². The molecular formula is C12H15F3N2O3. The number of nitrogens with one attached hydrogen (secondary N) is 1. The Labute approximate surface area is 113 Å². The molecule has 0 amide bonds. The number of non-ortho nitro benzene ring substituents is 1. The number of rotatable bonds is 7. The molecule has 0 aliphatic carbocycles. The number of nitro benzene ring substituents is 1. The van der Waals surface area contributed by atoms with E-state index in [0.717, 1.165) is 0 Å². The first-order chi connectivity index (χ1) is 9.31. The third-order valence-corrected chi connectivity index (χ3v) is 2.36. The predicted octanol–water partition coefficient (Wildman–Crippen LogP) is 3.75. The molecule has 5 nitrogen and oxygen atoms in total. The van der Waals surface area contributed by atoms with Crippen LogP contribution >= 0.6 is 0 Å². The number of nitrogens with zero attached hydrogens (tertiary/aromatic N) is 1. The summed E-state index contributed by atoms with van der Waals surface area (Å²) in [5, 5.41) is 13.6. The quantitative estimate of drug-likeness (QED) is 0.472. The summed E-state index contributed by atoms with van der Waals surface area (Å²) in [7, 11) is 0. The zero-order valence-corrected chi connectivity index (χ0v) is 10.9. The third kappa shape index (κ3) is 5.77. The molecule has 0 unspecified atom stereocenters. The number of halogens is 3. The van der Waals surface area contributed by atoms with Gasteiger partial charge in [-0.05, 0) is 13.3 Å². The summed E-state index contributed by atoms with van der Waals surface area (Å²) >= 11 is 0. The van der Waals surface area contributed by atoms with E-state index < -0.39 is 17.5 Å². The fourth-order valence-corrected chi connectivity index (χ4v) is 1.54. The second-order valence-electron chi connectivity index (χ2n) is 4.07. The van der Waals surface area contributed by atoms with Gasteiger partial charge in [-0.25, -0.2) is 0 Å². The Balaban J connectivity index is 2.66. The molecule has 112 valence electrons. The zero-order chi connectivity index (χ0) is 15.2. The summed E-state index contributed by atoms with van der Waals surface area (Å²) in [4.78, 5) is 10.2. The lowest BCUT2D eigenvalue weighted by atomic mass is 10.2. The van der Waals surface area contributed by atoms with Gasteiger partial charge >= 0.3 is 6.18 Å². The monoisotopic (exact) mass is 292 g/mol. The van der Waals surface area contributed by atoms with E-state index in [1.165, 1.54) is 18.2 Å². The number of ether oxygens (including phenoxy) is 1. The van der Waals surface area contributed by atoms with Crippen molar-refractivity contribution in [2.45, 2.75) is 25.9 Å². The molecule has 0 aromatic heterocycles. The van der Waals surface area contributed by atoms with Gasteiger partial charge in [0.05, 0.1) is 17.6 Å². The third-order valence-electron chi connectivity index (χ3n) is 2.36. The summed E-state index contributed by atoms with van der Waals surface area (Å²) < 4.78 is 41.0. The standard InChI is InChI=1S/C12H15F3N2O3/c1-2-16-9-6-10(17(18)19)8-11(7-9)20-5-3-4-12(13,14)15/h6-8,16H,2-5H2,1H3. The van der Waals surface area contributed by atoms with Crippen molar-refractivity contribution < 1.29 is 22.8 Å². The number of hydrogen-bond donors (Lipinski definition) is 1. The highest BCUT2D eigenvalue weighted by Gasteiger charge is 2.26. The topological polar surface area (TPSA) is 64.4 Å². The molecule has 1 aromatic rings. The van der Waals surface area contributed by atoms with Crippen LogP contribution in [0, 0.1) is 10.1 Å². The van der Waals surface area contributed by atoms with E-state index in [2.05, 4.69) is 5.32 Å². The number of hydrogen-bond acceptors (Lipinski definition) is 4. The number of anilines is 1. The van der Waals surface area contributed by atoms with Crippen LogP contribution in [0.15, 0.2) is 18.2 Å². The van der Waals surface area contributed by atoms with Crippen molar-refractivity contribution >= 4 is 11.4 Å². The lowest BCUT2D eigenvalue weighted by molar-refractivity contribution is -0.384. The maximum absolute atomic E-state index is 12.0. The minimum absolute atomic E-state index is 0.147. The molecule has 8 heteroatoms. The molecule has 1 N–H and O–H groups in total. The Morgan fingerprint density at radius 3 is 2.60 bits per heavy atom. The van der Waals surface area contributed by atoms with Crippen LogP contribution < -0.4 is 10.1 Å². The normalized spacial score (nSPS) is 11.2. The Kier molecular flexibility index (Phi) is 5.60. The van der Waals surface area contributed by atoms with E-state index in [9.17, 15) is 23.3 Å². The first-order valence-electron chi connectivity index (χ1n) is 6.04. The molecule has 0 aliphatic heterocycles. The van der Waals surface area contributed by atoms with Crippen LogP contribution in [0.3, 0.4) is 0 Å². The molecule has 0 fully saturated rings. The summed E-state index contributed by atoms with van der Waals surface area (Å²) in [6.45, 7) is 2.24. The SMILES string of the molecule is CCNc1cc(OCCCC(F)(F)F)cc([N+](=O)[O-])c1. The average Bonchev–Trinajstić information content (AvgIpc) is 2.33. The van der Waals surface area contributed by atoms with Crippen molar-refractivity contribution in [3.63, 3.8) is 0 Å². The number of nitro groups is 1. The number of benzene rings is 1. The van der Waals surface area contributed by atoms with Gasteiger partial charge in [0, 0.05) is 30.8 Å². The van der Waals surface area contributed by atoms with Crippen LogP contribution in [0.2, 0.25) is 0 Å². The zero-order valence-electron chi connectivity index (χ0n) is 10.9. The molecule has 0 spiro atoms. The minimum atomic E-state index is -4.22. The molecule has 0 heterocycles. The van der Waals surface area contributed by atoms with Gasteiger partial charge in [-0.3, -0.25) is 10.1 Å². The van der Waals surface area contributed by atoms with Crippen molar-refractivity contribution in [1.82, 2.24) is 0 Å². The van der Waals surface area contributed by atoms with Crippen LogP contribution in [-0.4, -0.2) is 24.3 Å². The van der Waals surface area contributed by atoms with Gasteiger partial charge in [0.15, 0.2) is 0 Å². The maximum atomic E-state index is 12.0. The van der Waals surface area contributed by atoms with Gasteiger partial charge in [-0.1, -0.05) is 0 Å². The fraction of sp³-hybridized carbons (Fsp3) is 0.500. The largest absolute Gasteiger partial charge is 0.493 e. The van der Waals surface area contributed by atoms with Crippen LogP contribution in [0.5, 0.6) is 5.75 Å². The highest BCUT2D eigenvalue weighted by Crippen LogP contribution is 2.27. The minimum Gasteiger partial charge on any atom is -0.493 e. The molecule has 0 aliphatic rings. The second-order valence-corrected chi connectivity index (χ2v) is 4.07. The first kappa shape index (κ1) is 16.1. The molecular weight excluding hydrogens is 277 g/mol. The number of alkyl halides is 3. The lowest BCUT2D eigenvalue weighted by Crippen LogP contribution is -2.10. The van der Waals surface area contributed by atoms with E-state index in [-0.39, 0.29) is 24.5 Å². The van der Waals surface area contributed by atoms with Gasteiger partial charge in [0.1, 0.15) is 5.75 Å². The van der Waals surface area contributed by atoms with E-state index in [1.807, 2.05) is 6.92 Å². The highest BCUT2D eigenvalue weighted by molar-refractivity contribution is 5.56. The summed E-state index contributed by atoms with van der Waals surface area (Å²) in [5.74, 6) is 0.178. The van der Waals surface area contributed by atoms with Crippen LogP contribution in [0.1, 0.15) is 19.8 Å². The summed E-state index contributed by atoms with van der Waals surface area (Å²) in [5.41, 5.74) is 0.321. The van der Waals surface area contributed by atoms with Gasteiger partial charge in [0.25, 0.3) is 5.69 Å². The highest BCUT2D eigenvalue weighted by atomic mass is 19.4. The van der Waals surface area contributed by atoms with Gasteiger partial charge in [-0.15, -0.1) is 0 Å². The van der Waals surface area contributed by atoms with Crippen molar-refractivity contribution in [2.75, 3.05) is 18.5 Å². The summed E-state index contributed by atoms with van der Waals surface area (Å²) in [6, 6.07) is 4.05. The van der Waals surface area contributed by atoms with Crippen LogP contribution in [0.25, 0.3) is 0 Å². The molecule has 1 rings (SSSR count). The van der Waals surface area contributed by atoms with E-state index in [0.29, 0.717) is 12.2 Å². The van der Waals surface area contributed by atoms with Crippen molar-refractivity contribution in [2.24, 2.45) is 0 Å². The maximum Gasteiger partial charge on any atom is 0.389 e. The van der Waals surface area contributed by atoms with E-state index >= 15 is 0 Å². The molecule has 0 radical (unpaired) electrons. The fourth-order valence-electron chi connectivity index (χ4n) is 1.54. The van der Waals surface area contributed by atoms with Gasteiger partial charge < -0.3 is 10.1 Å². The summed E-state index contributed by atoms with van der Waals surface area (Å²) in [6.07, 6.45) is -5.36. The average molecular weight is 292 g/mol. The van der Waals surface area contributed by atoms with Crippen molar-refractivity contribution in [3.8, 4) is 5.75 Å². The molecule has 0 saturated heterocycles. The van der Waals surface area contributed by atoms with Crippen LogP contribution in [0.4, 0.5) is 24.5 Å². The Morgan fingerprint density at radius 1 is 1.35 bits per heavy atom. The molecule has 1 aromatic carbocycles. The second kappa shape index (κ2) is 6.97. The Bertz CT molecular complexity index is 464. The molecule has 0 atom stereocenters. The molecule has 0 saturated carbocycles. The first-order valence-corrected chi connectivity index (χ1v) is 6.04. The Morgan fingerprint density at radius 2 is 2.05 bits per heavy atom. The van der Waals surface area contributed by atoms with Crippen LogP contribution in [-0.2, 0) is 0 Å². The molecule has 20 heavy (non-hydrogen) atoms. The van der Waals surface area contributed by atoms with Gasteiger partial charge in [0.2, 0.25) is 0 Å². The van der Waals surface area contributed by atoms with E-state index in [4.69, 9.17) is 4.74 Å². The predicted molar refractivity (Wildman–Crippen MR) is 68.0 cm³/mol. The smallest absolute Gasteiger partial charge is 0.389 e.